The third-order valence-corrected chi connectivity index (χ3v) is 8.65. The molecule has 0 heterocycles. The summed E-state index contributed by atoms with van der Waals surface area (Å²) >= 11 is 0. The van der Waals surface area contributed by atoms with E-state index < -0.39 is 0 Å². The van der Waals surface area contributed by atoms with Crippen LogP contribution in [0.15, 0.2) is 46.6 Å². The fourth-order valence-corrected chi connectivity index (χ4v) is 7.15. The summed E-state index contributed by atoms with van der Waals surface area (Å²) in [5.74, 6) is 3.21. The maximum atomic E-state index is 13.2. The molecule has 1 nitrogen and oxygen atoms in total. The van der Waals surface area contributed by atoms with Gasteiger partial charge < -0.3 is 0 Å². The predicted octanol–water partition coefficient (Wildman–Crippen LogP) is 9.70. The van der Waals surface area contributed by atoms with Gasteiger partial charge in [0.25, 0.3) is 0 Å². The second kappa shape index (κ2) is 12.4. The zero-order valence-electron chi connectivity index (χ0n) is 22.3. The van der Waals surface area contributed by atoms with Gasteiger partial charge in [0.1, 0.15) is 5.78 Å². The lowest BCUT2D eigenvalue weighted by Gasteiger charge is -2.56. The lowest BCUT2D eigenvalue weighted by Crippen LogP contribution is -2.49. The molecule has 0 radical (unpaired) electrons. The van der Waals surface area contributed by atoms with Gasteiger partial charge in [-0.25, -0.2) is 0 Å². The largest absolute Gasteiger partial charge is 0.299 e. The zero-order valence-corrected chi connectivity index (χ0v) is 22.3. The van der Waals surface area contributed by atoms with Gasteiger partial charge in [-0.15, -0.1) is 0 Å². The Balaban J connectivity index is 1.32. The Kier molecular flexibility index (Phi) is 9.83. The van der Waals surface area contributed by atoms with Crippen LogP contribution in [0.25, 0.3) is 0 Å². The molecule has 1 heteroatoms. The maximum Gasteiger partial charge on any atom is 0.139 e. The van der Waals surface area contributed by atoms with Crippen molar-refractivity contribution >= 4 is 5.78 Å². The van der Waals surface area contributed by atoms with Crippen LogP contribution in [0.4, 0.5) is 0 Å². The molecule has 0 aromatic rings. The van der Waals surface area contributed by atoms with E-state index in [-0.39, 0.29) is 5.41 Å². The molecule has 4 rings (SSSR count). The van der Waals surface area contributed by atoms with E-state index in [4.69, 9.17) is 0 Å². The van der Waals surface area contributed by atoms with E-state index in [2.05, 4.69) is 58.9 Å². The number of carbonyl (C=O) groups excluding carboxylic acids is 1. The summed E-state index contributed by atoms with van der Waals surface area (Å²) in [4.78, 5) is 13.2. The molecule has 0 spiro atoms. The predicted molar refractivity (Wildman–Crippen MR) is 143 cm³/mol. The van der Waals surface area contributed by atoms with Crippen LogP contribution in [0.2, 0.25) is 0 Å². The minimum Gasteiger partial charge on any atom is -0.299 e. The molecule has 0 aliphatic heterocycles. The second-order valence-corrected chi connectivity index (χ2v) is 12.2. The van der Waals surface area contributed by atoms with Crippen LogP contribution in [0.3, 0.4) is 0 Å². The van der Waals surface area contributed by atoms with Crippen molar-refractivity contribution in [3.05, 3.63) is 46.6 Å². The first-order valence-electron chi connectivity index (χ1n) is 13.9. The average Bonchev–Trinajstić information content (AvgIpc) is 2.72. The van der Waals surface area contributed by atoms with E-state index in [0.717, 1.165) is 49.9 Å². The van der Waals surface area contributed by atoms with E-state index in [1.54, 1.807) is 0 Å². The molecule has 4 fully saturated rings. The van der Waals surface area contributed by atoms with Gasteiger partial charge in [-0.3, -0.25) is 4.79 Å². The smallest absolute Gasteiger partial charge is 0.139 e. The van der Waals surface area contributed by atoms with Crippen LogP contribution in [0.1, 0.15) is 125 Å². The number of rotatable bonds is 13. The van der Waals surface area contributed by atoms with Crippen LogP contribution in [-0.2, 0) is 4.79 Å². The number of carbonyl (C=O) groups is 1. The van der Waals surface area contributed by atoms with E-state index in [1.165, 1.54) is 80.1 Å². The summed E-state index contributed by atoms with van der Waals surface area (Å²) in [6.45, 7) is 11.1. The summed E-state index contributed by atoms with van der Waals surface area (Å²) in [5.41, 5.74) is 5.98. The van der Waals surface area contributed by atoms with Crippen molar-refractivity contribution in [1.29, 1.82) is 0 Å². The molecule has 0 unspecified atom stereocenters. The highest BCUT2D eigenvalue weighted by Crippen LogP contribution is 2.60. The van der Waals surface area contributed by atoms with Crippen LogP contribution in [0, 0.1) is 23.2 Å². The van der Waals surface area contributed by atoms with E-state index in [9.17, 15) is 4.79 Å². The molecule has 4 aliphatic carbocycles. The average molecular weight is 451 g/mol. The Labute approximate surface area is 204 Å². The molecule has 33 heavy (non-hydrogen) atoms. The topological polar surface area (TPSA) is 17.1 Å². The molecule has 0 amide bonds. The van der Waals surface area contributed by atoms with Gasteiger partial charge in [0.05, 0.1) is 0 Å². The van der Waals surface area contributed by atoms with Crippen LogP contribution < -0.4 is 0 Å². The van der Waals surface area contributed by atoms with Crippen molar-refractivity contribution in [2.24, 2.45) is 23.2 Å². The number of ketones is 1. The van der Waals surface area contributed by atoms with Crippen molar-refractivity contribution in [2.45, 2.75) is 125 Å². The Bertz CT molecular complexity index is 748. The Morgan fingerprint density at radius 1 is 0.606 bits per heavy atom. The highest BCUT2D eigenvalue weighted by atomic mass is 16.1. The first-order valence-corrected chi connectivity index (χ1v) is 13.9. The summed E-state index contributed by atoms with van der Waals surface area (Å²) < 4.78 is 0. The normalized spacial score (nSPS) is 29.5. The van der Waals surface area contributed by atoms with E-state index in [0.29, 0.717) is 5.78 Å². The third kappa shape index (κ3) is 8.11. The van der Waals surface area contributed by atoms with Crippen LogP contribution in [0.5, 0.6) is 0 Å². The van der Waals surface area contributed by atoms with Gasteiger partial charge in [-0.05, 0) is 136 Å². The molecule has 0 aromatic carbocycles. The lowest BCUT2D eigenvalue weighted by atomic mass is 9.48. The van der Waals surface area contributed by atoms with E-state index in [1.807, 2.05) is 0 Å². The fraction of sp³-hybridized carbons (Fsp3) is 0.719. The maximum absolute atomic E-state index is 13.2. The monoisotopic (exact) mass is 450 g/mol. The van der Waals surface area contributed by atoms with Crippen molar-refractivity contribution in [2.75, 3.05) is 0 Å². The Hall–Kier alpha value is -1.37. The minimum absolute atomic E-state index is 0.0921. The molecule has 184 valence electrons. The summed E-state index contributed by atoms with van der Waals surface area (Å²) in [7, 11) is 0. The second-order valence-electron chi connectivity index (χ2n) is 12.2. The highest BCUT2D eigenvalue weighted by molar-refractivity contribution is 5.85. The number of hydrogen-bond donors (Lipinski definition) is 0. The van der Waals surface area contributed by atoms with Gasteiger partial charge in [0, 0.05) is 11.8 Å². The summed E-state index contributed by atoms with van der Waals surface area (Å²) in [6, 6.07) is 0. The van der Waals surface area contributed by atoms with Crippen LogP contribution >= 0.6 is 0 Å². The number of hydrogen-bond acceptors (Lipinski definition) is 1. The fourth-order valence-electron chi connectivity index (χ4n) is 7.15. The SMILES string of the molecule is CC(C)=CCCC(C)=CCCC(C)=CCCC(C)=CCCC(=O)C12CC3CC(CC(C3)C1)C2. The zero-order chi connectivity index (χ0) is 23.8. The molecule has 4 bridgehead atoms. The first kappa shape index (κ1) is 26.2. The van der Waals surface area contributed by atoms with Crippen molar-refractivity contribution < 1.29 is 4.79 Å². The molecule has 0 saturated heterocycles. The summed E-state index contributed by atoms with van der Waals surface area (Å²) in [6.07, 6.45) is 26.1. The molecule has 4 aliphatic rings. The molecule has 0 aromatic heterocycles. The first-order chi connectivity index (χ1) is 15.8. The summed E-state index contributed by atoms with van der Waals surface area (Å²) in [5, 5.41) is 0. The van der Waals surface area contributed by atoms with Crippen molar-refractivity contribution in [3.63, 3.8) is 0 Å². The quantitative estimate of drug-likeness (QED) is 0.255. The van der Waals surface area contributed by atoms with Gasteiger partial charge in [0.2, 0.25) is 0 Å². The standard InChI is InChI=1S/C32H50O/c1-24(2)10-6-11-25(3)12-7-13-26(4)14-8-15-27(5)16-9-17-31(33)32-21-28-18-29(22-32)20-30(19-28)23-32/h10,12,14,16,28-30H,6-9,11,13,15,17-23H2,1-5H3. The van der Waals surface area contributed by atoms with Gasteiger partial charge >= 0.3 is 0 Å². The van der Waals surface area contributed by atoms with Gasteiger partial charge in [-0.2, -0.15) is 0 Å². The Morgan fingerprint density at radius 2 is 0.970 bits per heavy atom. The lowest BCUT2D eigenvalue weighted by molar-refractivity contribution is -0.143. The minimum atomic E-state index is 0.0921. The van der Waals surface area contributed by atoms with Crippen molar-refractivity contribution in [1.82, 2.24) is 0 Å². The number of Topliss-reactive ketones (excluding diaryl/α,β-unsaturated/α-hetero) is 1. The number of allylic oxidation sites excluding steroid dienone is 8. The molecule has 4 saturated carbocycles. The highest BCUT2D eigenvalue weighted by Gasteiger charge is 2.53. The van der Waals surface area contributed by atoms with Crippen molar-refractivity contribution in [3.8, 4) is 0 Å². The molecule has 0 N–H and O–H groups in total. The molecular weight excluding hydrogens is 400 g/mol. The molecular formula is C32H50O. The van der Waals surface area contributed by atoms with Gasteiger partial charge in [-0.1, -0.05) is 46.6 Å². The third-order valence-electron chi connectivity index (χ3n) is 8.65. The van der Waals surface area contributed by atoms with Gasteiger partial charge in [0.15, 0.2) is 0 Å². The van der Waals surface area contributed by atoms with E-state index >= 15 is 0 Å². The Morgan fingerprint density at radius 3 is 1.36 bits per heavy atom. The molecule has 0 atom stereocenters. The van der Waals surface area contributed by atoms with Crippen LogP contribution in [-0.4, -0.2) is 5.78 Å².